The average molecular weight is 467 g/mol. The maximum absolute atomic E-state index is 12.2. The molecule has 6 heteroatoms. The smallest absolute Gasteiger partial charge is 0.409 e. The lowest BCUT2D eigenvalue weighted by molar-refractivity contribution is -0.0344. The first-order valence-corrected chi connectivity index (χ1v) is 11.9. The highest BCUT2D eigenvalue weighted by Gasteiger charge is 2.40. The molecule has 1 heterocycles. The second kappa shape index (κ2) is 10.8. The Balaban J connectivity index is 1.64. The third-order valence-corrected chi connectivity index (χ3v) is 7.17. The van der Waals surface area contributed by atoms with Crippen molar-refractivity contribution < 1.29 is 14.6 Å². The Hall–Kier alpha value is -1.11. The SMILES string of the molecule is CCCCOC(=O)N1CCN(CC(c2ccccc2Br)C2(O)CCCCC2)CC1. The van der Waals surface area contributed by atoms with Gasteiger partial charge in [0.2, 0.25) is 0 Å². The monoisotopic (exact) mass is 466 g/mol. The third-order valence-electron chi connectivity index (χ3n) is 6.44. The van der Waals surface area contributed by atoms with Gasteiger partial charge in [-0.05, 0) is 30.9 Å². The fraction of sp³-hybridized carbons (Fsp3) is 0.696. The fourth-order valence-corrected chi connectivity index (χ4v) is 5.16. The lowest BCUT2D eigenvalue weighted by Crippen LogP contribution is -2.52. The van der Waals surface area contributed by atoms with Gasteiger partial charge in [0.25, 0.3) is 0 Å². The van der Waals surface area contributed by atoms with Crippen LogP contribution in [0.4, 0.5) is 4.79 Å². The molecule has 1 saturated heterocycles. The first-order chi connectivity index (χ1) is 14.0. The summed E-state index contributed by atoms with van der Waals surface area (Å²) in [6.07, 6.45) is 6.88. The van der Waals surface area contributed by atoms with Crippen molar-refractivity contribution in [2.75, 3.05) is 39.3 Å². The summed E-state index contributed by atoms with van der Waals surface area (Å²) in [6, 6.07) is 8.30. The molecule has 1 amide bonds. The molecular formula is C23H35BrN2O3. The summed E-state index contributed by atoms with van der Waals surface area (Å²) < 4.78 is 6.43. The third kappa shape index (κ3) is 5.96. The van der Waals surface area contributed by atoms with Gasteiger partial charge in [-0.15, -0.1) is 0 Å². The van der Waals surface area contributed by atoms with E-state index in [1.807, 2.05) is 11.0 Å². The second-order valence-corrected chi connectivity index (χ2v) is 9.35. The number of piperazine rings is 1. The summed E-state index contributed by atoms with van der Waals surface area (Å²) in [5.74, 6) is 0.0708. The van der Waals surface area contributed by atoms with Crippen molar-refractivity contribution in [3.05, 3.63) is 34.3 Å². The summed E-state index contributed by atoms with van der Waals surface area (Å²) in [5, 5.41) is 11.6. The van der Waals surface area contributed by atoms with Crippen molar-refractivity contribution in [3.8, 4) is 0 Å². The molecule has 2 aliphatic rings. The number of carbonyl (C=O) groups is 1. The standard InChI is InChI=1S/C23H35BrN2O3/c1-2-3-17-29-22(27)26-15-13-25(14-16-26)18-20(19-9-5-6-10-21(19)24)23(28)11-7-4-8-12-23/h5-6,9-10,20,28H,2-4,7-8,11-18H2,1H3. The molecule has 1 atom stereocenters. The number of benzene rings is 1. The van der Waals surface area contributed by atoms with Crippen LogP contribution in [0.5, 0.6) is 0 Å². The minimum atomic E-state index is -0.654. The van der Waals surface area contributed by atoms with Crippen LogP contribution in [0, 0.1) is 0 Å². The predicted octanol–water partition coefficient (Wildman–Crippen LogP) is 4.78. The number of halogens is 1. The van der Waals surface area contributed by atoms with E-state index in [-0.39, 0.29) is 12.0 Å². The molecule has 0 aromatic heterocycles. The Morgan fingerprint density at radius 2 is 1.86 bits per heavy atom. The fourth-order valence-electron chi connectivity index (χ4n) is 4.59. The zero-order valence-electron chi connectivity index (χ0n) is 17.6. The maximum Gasteiger partial charge on any atom is 0.409 e. The number of carbonyl (C=O) groups excluding carboxylic acids is 1. The largest absolute Gasteiger partial charge is 0.449 e. The van der Waals surface area contributed by atoms with Crippen LogP contribution >= 0.6 is 15.9 Å². The van der Waals surface area contributed by atoms with Gasteiger partial charge in [0.1, 0.15) is 0 Å². The molecule has 1 aliphatic carbocycles. The van der Waals surface area contributed by atoms with E-state index < -0.39 is 5.60 Å². The number of hydrogen-bond acceptors (Lipinski definition) is 4. The van der Waals surface area contributed by atoms with Crippen molar-refractivity contribution in [1.29, 1.82) is 0 Å². The van der Waals surface area contributed by atoms with E-state index in [0.717, 1.165) is 62.6 Å². The molecule has 29 heavy (non-hydrogen) atoms. The van der Waals surface area contributed by atoms with Crippen LogP contribution in [0.1, 0.15) is 63.4 Å². The predicted molar refractivity (Wildman–Crippen MR) is 119 cm³/mol. The molecule has 0 bridgehead atoms. The molecule has 1 unspecified atom stereocenters. The molecule has 1 aromatic carbocycles. The van der Waals surface area contributed by atoms with E-state index in [1.165, 1.54) is 12.0 Å². The highest BCUT2D eigenvalue weighted by atomic mass is 79.9. The molecule has 0 radical (unpaired) electrons. The number of unbranched alkanes of at least 4 members (excludes halogenated alkanes) is 1. The van der Waals surface area contributed by atoms with E-state index in [2.05, 4.69) is 46.0 Å². The van der Waals surface area contributed by atoms with Gasteiger partial charge in [0.05, 0.1) is 12.2 Å². The number of hydrogen-bond donors (Lipinski definition) is 1. The number of nitrogens with zero attached hydrogens (tertiary/aromatic N) is 2. The Morgan fingerprint density at radius 1 is 1.17 bits per heavy atom. The van der Waals surface area contributed by atoms with E-state index in [0.29, 0.717) is 19.7 Å². The molecule has 162 valence electrons. The van der Waals surface area contributed by atoms with Gasteiger partial charge in [-0.2, -0.15) is 0 Å². The molecule has 2 fully saturated rings. The van der Waals surface area contributed by atoms with E-state index in [4.69, 9.17) is 4.74 Å². The van der Waals surface area contributed by atoms with Gasteiger partial charge in [-0.3, -0.25) is 4.90 Å². The molecular weight excluding hydrogens is 432 g/mol. The topological polar surface area (TPSA) is 53.0 Å². The molecule has 0 spiro atoms. The van der Waals surface area contributed by atoms with Gasteiger partial charge in [-0.25, -0.2) is 4.79 Å². The van der Waals surface area contributed by atoms with Gasteiger partial charge >= 0.3 is 6.09 Å². The van der Waals surface area contributed by atoms with Gasteiger partial charge in [-0.1, -0.05) is 66.7 Å². The van der Waals surface area contributed by atoms with Crippen molar-refractivity contribution in [2.45, 2.75) is 63.4 Å². The summed E-state index contributed by atoms with van der Waals surface area (Å²) in [7, 11) is 0. The minimum Gasteiger partial charge on any atom is -0.449 e. The van der Waals surface area contributed by atoms with Crippen LogP contribution < -0.4 is 0 Å². The van der Waals surface area contributed by atoms with Crippen molar-refractivity contribution in [3.63, 3.8) is 0 Å². The number of amides is 1. The van der Waals surface area contributed by atoms with Crippen molar-refractivity contribution in [2.24, 2.45) is 0 Å². The molecule has 1 N–H and O–H groups in total. The molecule has 1 aromatic rings. The van der Waals surface area contributed by atoms with Crippen molar-refractivity contribution >= 4 is 22.0 Å². The quantitative estimate of drug-likeness (QED) is 0.587. The molecule has 3 rings (SSSR count). The summed E-state index contributed by atoms with van der Waals surface area (Å²) in [5.41, 5.74) is 0.538. The van der Waals surface area contributed by atoms with Crippen LogP contribution in [-0.2, 0) is 4.74 Å². The maximum atomic E-state index is 12.2. The number of ether oxygens (including phenoxy) is 1. The van der Waals surface area contributed by atoms with Crippen LogP contribution in [-0.4, -0.2) is 65.9 Å². The summed E-state index contributed by atoms with van der Waals surface area (Å²) in [6.45, 7) is 6.43. The Bertz CT molecular complexity index is 655. The van der Waals surface area contributed by atoms with Gasteiger partial charge in [0, 0.05) is 43.1 Å². The molecule has 1 saturated carbocycles. The molecule has 1 aliphatic heterocycles. The highest BCUT2D eigenvalue weighted by molar-refractivity contribution is 9.10. The van der Waals surface area contributed by atoms with Crippen LogP contribution in [0.3, 0.4) is 0 Å². The first kappa shape index (κ1) is 22.6. The van der Waals surface area contributed by atoms with Crippen molar-refractivity contribution in [1.82, 2.24) is 9.80 Å². The number of aliphatic hydroxyl groups is 1. The summed E-state index contributed by atoms with van der Waals surface area (Å²) >= 11 is 3.71. The Morgan fingerprint density at radius 3 is 2.52 bits per heavy atom. The zero-order chi connectivity index (χ0) is 20.7. The Labute approximate surface area is 183 Å². The first-order valence-electron chi connectivity index (χ1n) is 11.1. The highest BCUT2D eigenvalue weighted by Crippen LogP contribution is 2.42. The van der Waals surface area contributed by atoms with Gasteiger partial charge < -0.3 is 14.7 Å². The van der Waals surface area contributed by atoms with Crippen LogP contribution in [0.15, 0.2) is 28.7 Å². The van der Waals surface area contributed by atoms with E-state index in [9.17, 15) is 9.90 Å². The van der Waals surface area contributed by atoms with Crippen LogP contribution in [0.2, 0.25) is 0 Å². The molecule has 5 nitrogen and oxygen atoms in total. The second-order valence-electron chi connectivity index (χ2n) is 8.49. The lowest BCUT2D eigenvalue weighted by atomic mass is 9.72. The normalized spacial score (nSPS) is 21.0. The Kier molecular flexibility index (Phi) is 8.39. The zero-order valence-corrected chi connectivity index (χ0v) is 19.2. The van der Waals surface area contributed by atoms with Crippen LogP contribution in [0.25, 0.3) is 0 Å². The van der Waals surface area contributed by atoms with Gasteiger partial charge in [0.15, 0.2) is 0 Å². The lowest BCUT2D eigenvalue weighted by Gasteiger charge is -2.43. The van der Waals surface area contributed by atoms with E-state index >= 15 is 0 Å². The minimum absolute atomic E-state index is 0.0708. The average Bonchev–Trinajstić information content (AvgIpc) is 2.74. The summed E-state index contributed by atoms with van der Waals surface area (Å²) in [4.78, 5) is 16.4. The number of rotatable bonds is 7. The van der Waals surface area contributed by atoms with E-state index in [1.54, 1.807) is 0 Å².